The monoisotopic (exact) mass is 385 g/mol. The van der Waals surface area contributed by atoms with Crippen LogP contribution in [0.4, 0.5) is 0 Å². The molecule has 1 N–H and O–H groups in total. The number of hydrogen-bond acceptors (Lipinski definition) is 4. The summed E-state index contributed by atoms with van der Waals surface area (Å²) in [5.41, 5.74) is 1.81. The summed E-state index contributed by atoms with van der Waals surface area (Å²) in [6.45, 7) is 0.923. The van der Waals surface area contributed by atoms with E-state index in [2.05, 4.69) is 34.0 Å². The summed E-state index contributed by atoms with van der Waals surface area (Å²) in [6.07, 6.45) is 9.42. The van der Waals surface area contributed by atoms with Crippen molar-refractivity contribution in [3.8, 4) is 0 Å². The maximum Gasteiger partial charge on any atom is 0.256 e. The van der Waals surface area contributed by atoms with Gasteiger partial charge in [0, 0.05) is 24.7 Å². The van der Waals surface area contributed by atoms with Gasteiger partial charge >= 0.3 is 0 Å². The number of carbonyl (C=O) groups excluding carboxylic acids is 1. The van der Waals surface area contributed by atoms with E-state index >= 15 is 0 Å². The Bertz CT molecular complexity index is 926. The Balaban J connectivity index is 1.47. The molecule has 142 valence electrons. The number of amidine groups is 1. The van der Waals surface area contributed by atoms with Crippen LogP contribution in [0.2, 0.25) is 0 Å². The molecule has 0 aromatic heterocycles. The van der Waals surface area contributed by atoms with Crippen molar-refractivity contribution in [3.05, 3.63) is 59.8 Å². The van der Waals surface area contributed by atoms with Gasteiger partial charge in [0.05, 0.1) is 11.3 Å². The predicted molar refractivity (Wildman–Crippen MR) is 105 cm³/mol. The van der Waals surface area contributed by atoms with Gasteiger partial charge in [0.2, 0.25) is 0 Å². The molecular weight excluding hydrogens is 362 g/mol. The van der Waals surface area contributed by atoms with E-state index in [4.69, 9.17) is 0 Å². The molecule has 4 rings (SSSR count). The molecule has 0 bridgehead atoms. The lowest BCUT2D eigenvalue weighted by molar-refractivity contribution is -0.117. The SMILES string of the molecule is O=C(NCC1(c2ccccc2)CCCC1)C1=CN2CCS(=O)(=O)N=C2C=C1. The van der Waals surface area contributed by atoms with Gasteiger partial charge in [0.15, 0.2) is 0 Å². The molecule has 1 aromatic rings. The van der Waals surface area contributed by atoms with Gasteiger partial charge in [0.25, 0.3) is 15.9 Å². The molecule has 6 nitrogen and oxygen atoms in total. The summed E-state index contributed by atoms with van der Waals surface area (Å²) >= 11 is 0. The van der Waals surface area contributed by atoms with E-state index in [1.54, 1.807) is 23.3 Å². The first-order valence-corrected chi connectivity index (χ1v) is 10.9. The highest BCUT2D eigenvalue weighted by molar-refractivity contribution is 7.90. The van der Waals surface area contributed by atoms with Crippen molar-refractivity contribution in [2.75, 3.05) is 18.8 Å². The highest BCUT2D eigenvalue weighted by Gasteiger charge is 2.36. The molecule has 27 heavy (non-hydrogen) atoms. The van der Waals surface area contributed by atoms with Gasteiger partial charge in [0.1, 0.15) is 5.84 Å². The molecule has 1 aliphatic carbocycles. The highest BCUT2D eigenvalue weighted by atomic mass is 32.2. The Labute approximate surface area is 159 Å². The summed E-state index contributed by atoms with van der Waals surface area (Å²) < 4.78 is 26.9. The van der Waals surface area contributed by atoms with Crippen molar-refractivity contribution >= 4 is 21.8 Å². The van der Waals surface area contributed by atoms with Crippen molar-refractivity contribution in [3.63, 3.8) is 0 Å². The Morgan fingerprint density at radius 3 is 2.63 bits per heavy atom. The smallest absolute Gasteiger partial charge is 0.256 e. The fourth-order valence-corrected chi connectivity index (χ4v) is 5.07. The fraction of sp³-hybridized carbons (Fsp3) is 0.400. The minimum atomic E-state index is -3.39. The van der Waals surface area contributed by atoms with Crippen molar-refractivity contribution < 1.29 is 13.2 Å². The minimum absolute atomic E-state index is 0.00167. The number of fused-ring (bicyclic) bond motifs is 1. The van der Waals surface area contributed by atoms with Crippen LogP contribution >= 0.6 is 0 Å². The third kappa shape index (κ3) is 3.69. The van der Waals surface area contributed by atoms with E-state index in [1.165, 1.54) is 18.4 Å². The second-order valence-corrected chi connectivity index (χ2v) is 9.14. The van der Waals surface area contributed by atoms with E-state index in [1.807, 2.05) is 6.07 Å². The lowest BCUT2D eigenvalue weighted by atomic mass is 9.79. The second kappa shape index (κ2) is 6.96. The molecule has 0 spiro atoms. The van der Waals surface area contributed by atoms with Crippen LogP contribution in [0.15, 0.2) is 58.7 Å². The lowest BCUT2D eigenvalue weighted by Gasteiger charge is -2.31. The van der Waals surface area contributed by atoms with Crippen LogP contribution in [0.1, 0.15) is 31.2 Å². The molecule has 1 saturated carbocycles. The molecule has 0 unspecified atom stereocenters. The summed E-state index contributed by atoms with van der Waals surface area (Å²) in [6, 6.07) is 10.4. The topological polar surface area (TPSA) is 78.8 Å². The van der Waals surface area contributed by atoms with Gasteiger partial charge in [-0.3, -0.25) is 4.79 Å². The molecule has 0 radical (unpaired) electrons. The van der Waals surface area contributed by atoms with Gasteiger partial charge in [-0.2, -0.15) is 0 Å². The van der Waals surface area contributed by atoms with Crippen molar-refractivity contribution in [1.82, 2.24) is 10.2 Å². The standard InChI is InChI=1S/C20H23N3O3S/c24-19(16-8-9-18-22-27(25,26)13-12-23(18)14-16)21-15-20(10-4-5-11-20)17-6-2-1-3-7-17/h1-3,6-9,14H,4-5,10-13,15H2,(H,21,24). The number of carbonyl (C=O) groups is 1. The summed E-state index contributed by atoms with van der Waals surface area (Å²) in [4.78, 5) is 14.4. The van der Waals surface area contributed by atoms with E-state index < -0.39 is 10.0 Å². The number of benzene rings is 1. The number of hydrogen-bond donors (Lipinski definition) is 1. The molecule has 3 aliphatic rings. The van der Waals surface area contributed by atoms with Gasteiger partial charge < -0.3 is 10.2 Å². The lowest BCUT2D eigenvalue weighted by Crippen LogP contribution is -2.41. The highest BCUT2D eigenvalue weighted by Crippen LogP contribution is 2.40. The molecule has 1 fully saturated rings. The third-order valence-corrected chi connectivity index (χ3v) is 6.78. The molecule has 1 aromatic carbocycles. The summed E-state index contributed by atoms with van der Waals surface area (Å²) in [7, 11) is -3.39. The van der Waals surface area contributed by atoms with Crippen LogP contribution in [0.3, 0.4) is 0 Å². The molecule has 1 amide bonds. The molecule has 0 saturated heterocycles. The Kier molecular flexibility index (Phi) is 4.63. The van der Waals surface area contributed by atoms with Crippen molar-refractivity contribution in [2.45, 2.75) is 31.1 Å². The molecule has 7 heteroatoms. The van der Waals surface area contributed by atoms with Gasteiger partial charge in [-0.25, -0.2) is 8.42 Å². The zero-order valence-electron chi connectivity index (χ0n) is 15.1. The summed E-state index contributed by atoms with van der Waals surface area (Å²) in [5.74, 6) is 0.197. The number of rotatable bonds is 4. The average molecular weight is 385 g/mol. The molecule has 0 atom stereocenters. The number of nitrogens with zero attached hydrogens (tertiary/aromatic N) is 2. The van der Waals surface area contributed by atoms with Crippen LogP contribution in [0.25, 0.3) is 0 Å². The van der Waals surface area contributed by atoms with E-state index in [0.29, 0.717) is 24.5 Å². The zero-order chi connectivity index (χ0) is 18.9. The number of amides is 1. The van der Waals surface area contributed by atoms with Crippen LogP contribution < -0.4 is 5.32 Å². The van der Waals surface area contributed by atoms with E-state index in [9.17, 15) is 13.2 Å². The largest absolute Gasteiger partial charge is 0.351 e. The average Bonchev–Trinajstić information content (AvgIpc) is 3.16. The van der Waals surface area contributed by atoms with Gasteiger partial charge in [-0.1, -0.05) is 43.2 Å². The number of nitrogens with one attached hydrogen (secondary N) is 1. The Hall–Kier alpha value is -2.41. The maximum absolute atomic E-state index is 12.7. The van der Waals surface area contributed by atoms with Crippen LogP contribution in [0, 0.1) is 0 Å². The van der Waals surface area contributed by atoms with Crippen LogP contribution in [-0.2, 0) is 20.2 Å². The molecular formula is C20H23N3O3S. The molecule has 2 aliphatic heterocycles. The van der Waals surface area contributed by atoms with Gasteiger partial charge in [-0.15, -0.1) is 4.40 Å². The Morgan fingerprint density at radius 2 is 1.89 bits per heavy atom. The van der Waals surface area contributed by atoms with Crippen LogP contribution in [-0.4, -0.2) is 43.9 Å². The van der Waals surface area contributed by atoms with E-state index in [0.717, 1.165) is 12.8 Å². The zero-order valence-corrected chi connectivity index (χ0v) is 15.9. The van der Waals surface area contributed by atoms with Gasteiger partial charge in [-0.05, 0) is 30.6 Å². The van der Waals surface area contributed by atoms with E-state index in [-0.39, 0.29) is 17.1 Å². The third-order valence-electron chi connectivity index (χ3n) is 5.62. The maximum atomic E-state index is 12.7. The quantitative estimate of drug-likeness (QED) is 0.861. The first-order valence-electron chi connectivity index (χ1n) is 9.30. The summed E-state index contributed by atoms with van der Waals surface area (Å²) in [5, 5.41) is 3.10. The van der Waals surface area contributed by atoms with Crippen molar-refractivity contribution in [1.29, 1.82) is 0 Å². The Morgan fingerprint density at radius 1 is 1.15 bits per heavy atom. The van der Waals surface area contributed by atoms with Crippen LogP contribution in [0.5, 0.6) is 0 Å². The fourth-order valence-electron chi connectivity index (χ4n) is 4.10. The second-order valence-electron chi connectivity index (χ2n) is 7.38. The first-order chi connectivity index (χ1) is 13.0. The molecule has 2 heterocycles. The first kappa shape index (κ1) is 18.0. The van der Waals surface area contributed by atoms with Crippen molar-refractivity contribution in [2.24, 2.45) is 4.40 Å². The normalized spacial score (nSPS) is 22.6. The number of sulfonamides is 1. The minimum Gasteiger partial charge on any atom is -0.351 e. The predicted octanol–water partition coefficient (Wildman–Crippen LogP) is 2.11.